The lowest BCUT2D eigenvalue weighted by molar-refractivity contribution is 0.131. The molecule has 1 heterocycles. The highest BCUT2D eigenvalue weighted by Gasteiger charge is 2.18. The van der Waals surface area contributed by atoms with E-state index in [0.717, 1.165) is 23.3 Å². The van der Waals surface area contributed by atoms with Crippen LogP contribution in [-0.4, -0.2) is 29.3 Å². The van der Waals surface area contributed by atoms with Gasteiger partial charge in [0.1, 0.15) is 24.0 Å². The van der Waals surface area contributed by atoms with E-state index in [0.29, 0.717) is 12.1 Å². The summed E-state index contributed by atoms with van der Waals surface area (Å²) in [4.78, 5) is 20.3. The molecule has 0 unspecified atom stereocenters. The quantitative estimate of drug-likeness (QED) is 0.190. The van der Waals surface area contributed by atoms with Crippen LogP contribution in [0.5, 0.6) is 0 Å². The van der Waals surface area contributed by atoms with Gasteiger partial charge in [0.05, 0.1) is 15.7 Å². The molecule has 0 aliphatic rings. The van der Waals surface area contributed by atoms with Crippen LogP contribution in [0.2, 0.25) is 10.0 Å². The number of hydrogen-bond acceptors (Lipinski definition) is 4. The van der Waals surface area contributed by atoms with E-state index in [1.807, 2.05) is 49.3 Å². The molecule has 0 N–H and O–H groups in total. The monoisotopic (exact) mass is 541 g/mol. The Bertz CT molecular complexity index is 1480. The Hall–Kier alpha value is -3.52. The Labute approximate surface area is 223 Å². The molecule has 37 heavy (non-hydrogen) atoms. The van der Waals surface area contributed by atoms with Gasteiger partial charge in [-0.3, -0.25) is 9.36 Å². The molecule has 9 heteroatoms. The van der Waals surface area contributed by atoms with Gasteiger partial charge in [-0.1, -0.05) is 58.7 Å². The van der Waals surface area contributed by atoms with Crippen molar-refractivity contribution in [3.8, 4) is 5.69 Å². The lowest BCUT2D eigenvalue weighted by atomic mass is 10.0. The molecule has 0 amide bonds. The van der Waals surface area contributed by atoms with E-state index in [1.54, 1.807) is 12.1 Å². The minimum absolute atomic E-state index is 0.00168. The molecule has 1 aromatic heterocycles. The molecule has 4 aromatic rings. The van der Waals surface area contributed by atoms with Gasteiger partial charge in [-0.05, 0) is 55.6 Å². The molecule has 0 saturated heterocycles. The van der Waals surface area contributed by atoms with Gasteiger partial charge in [-0.2, -0.15) is 0 Å². The van der Waals surface area contributed by atoms with Gasteiger partial charge in [-0.15, -0.1) is 0 Å². The molecule has 0 spiro atoms. The predicted molar refractivity (Wildman–Crippen MR) is 143 cm³/mol. The van der Waals surface area contributed by atoms with Crippen molar-refractivity contribution < 1.29 is 13.6 Å². The van der Waals surface area contributed by atoms with Gasteiger partial charge in [-0.25, -0.2) is 8.78 Å². The van der Waals surface area contributed by atoms with Crippen molar-refractivity contribution in [2.24, 2.45) is 5.16 Å². The SMILES string of the molecule is CN(C)Cc1cc(Cl)c(-n2cc(/C(=N/OCc3ccccc3)c3ccc(F)cc3F)ccc2=O)c(Cl)c1. The number of halogens is 4. The maximum absolute atomic E-state index is 14.8. The van der Waals surface area contributed by atoms with Crippen molar-refractivity contribution in [3.05, 3.63) is 133 Å². The third-order valence-electron chi connectivity index (χ3n) is 5.42. The summed E-state index contributed by atoms with van der Waals surface area (Å²) in [5.41, 5.74) is 2.00. The molecule has 4 rings (SSSR count). The first-order chi connectivity index (χ1) is 17.7. The van der Waals surface area contributed by atoms with Gasteiger partial charge < -0.3 is 9.74 Å². The molecule has 5 nitrogen and oxygen atoms in total. The summed E-state index contributed by atoms with van der Waals surface area (Å²) in [7, 11) is 3.83. The molecule has 0 fully saturated rings. The lowest BCUT2D eigenvalue weighted by Crippen LogP contribution is -2.20. The van der Waals surface area contributed by atoms with E-state index in [4.69, 9.17) is 28.0 Å². The third kappa shape index (κ3) is 6.43. The van der Waals surface area contributed by atoms with E-state index in [9.17, 15) is 13.6 Å². The zero-order valence-electron chi connectivity index (χ0n) is 20.1. The van der Waals surface area contributed by atoms with Crippen molar-refractivity contribution in [2.75, 3.05) is 14.1 Å². The maximum atomic E-state index is 14.8. The number of benzene rings is 3. The average molecular weight is 542 g/mol. The Morgan fingerprint density at radius 3 is 2.30 bits per heavy atom. The van der Waals surface area contributed by atoms with Gasteiger partial charge in [0.15, 0.2) is 0 Å². The summed E-state index contributed by atoms with van der Waals surface area (Å²) in [6.45, 7) is 0.728. The Kier molecular flexibility index (Phi) is 8.38. The minimum Gasteiger partial charge on any atom is -0.390 e. The molecule has 0 aliphatic heterocycles. The fraction of sp³-hybridized carbons (Fsp3) is 0.143. The van der Waals surface area contributed by atoms with Crippen molar-refractivity contribution >= 4 is 28.9 Å². The first-order valence-corrected chi connectivity index (χ1v) is 12.0. The second-order valence-corrected chi connectivity index (χ2v) is 9.41. The second-order valence-electron chi connectivity index (χ2n) is 8.59. The van der Waals surface area contributed by atoms with E-state index in [1.165, 1.54) is 29.0 Å². The van der Waals surface area contributed by atoms with E-state index in [2.05, 4.69) is 5.16 Å². The number of rotatable bonds is 8. The molecule has 0 bridgehead atoms. The summed E-state index contributed by atoms with van der Waals surface area (Å²) in [6.07, 6.45) is 1.45. The van der Waals surface area contributed by atoms with Crippen LogP contribution in [0.25, 0.3) is 5.69 Å². The summed E-state index contributed by atoms with van der Waals surface area (Å²) < 4.78 is 29.7. The van der Waals surface area contributed by atoms with Crippen LogP contribution in [0.3, 0.4) is 0 Å². The van der Waals surface area contributed by atoms with Crippen molar-refractivity contribution in [2.45, 2.75) is 13.2 Å². The van der Waals surface area contributed by atoms with E-state index in [-0.39, 0.29) is 33.6 Å². The fourth-order valence-electron chi connectivity index (χ4n) is 3.79. The van der Waals surface area contributed by atoms with Crippen LogP contribution in [0.4, 0.5) is 8.78 Å². The molecule has 190 valence electrons. The number of oxime groups is 1. The average Bonchev–Trinajstić information content (AvgIpc) is 2.83. The van der Waals surface area contributed by atoms with Crippen LogP contribution in [-0.2, 0) is 18.0 Å². The summed E-state index contributed by atoms with van der Waals surface area (Å²) in [5, 5.41) is 4.72. The Morgan fingerprint density at radius 2 is 1.65 bits per heavy atom. The molecule has 0 aliphatic carbocycles. The van der Waals surface area contributed by atoms with Crippen LogP contribution < -0.4 is 5.56 Å². The first-order valence-electron chi connectivity index (χ1n) is 11.3. The molecular formula is C28H23Cl2F2N3O2. The van der Waals surface area contributed by atoms with E-state index < -0.39 is 17.2 Å². The van der Waals surface area contributed by atoms with Crippen LogP contribution in [0.1, 0.15) is 22.3 Å². The molecule has 3 aromatic carbocycles. The molecule has 0 atom stereocenters. The van der Waals surface area contributed by atoms with Crippen LogP contribution >= 0.6 is 23.2 Å². The summed E-state index contributed by atoms with van der Waals surface area (Å²) in [6, 6.07) is 18.7. The zero-order chi connectivity index (χ0) is 26.5. The second kappa shape index (κ2) is 11.7. The highest BCUT2D eigenvalue weighted by molar-refractivity contribution is 6.37. The Balaban J connectivity index is 1.80. The smallest absolute Gasteiger partial charge is 0.255 e. The fourth-order valence-corrected chi connectivity index (χ4v) is 4.51. The molecular weight excluding hydrogens is 519 g/mol. The number of hydrogen-bond donors (Lipinski definition) is 0. The largest absolute Gasteiger partial charge is 0.390 e. The lowest BCUT2D eigenvalue weighted by Gasteiger charge is -2.16. The van der Waals surface area contributed by atoms with Crippen molar-refractivity contribution in [1.29, 1.82) is 0 Å². The standard InChI is InChI=1S/C28H23Cl2F2N3O2/c1-34(2)15-19-12-23(29)28(24(30)13-19)35-16-20(8-11-26(35)36)27(22-10-9-21(31)14-25(22)32)33-37-17-18-6-4-3-5-7-18/h3-14,16H,15,17H2,1-2H3/b33-27-. The Morgan fingerprint density at radius 1 is 0.946 bits per heavy atom. The first kappa shape index (κ1) is 26.5. The highest BCUT2D eigenvalue weighted by atomic mass is 35.5. The normalized spacial score (nSPS) is 11.7. The summed E-state index contributed by atoms with van der Waals surface area (Å²) in [5.74, 6) is -1.56. The molecule has 0 radical (unpaired) electrons. The number of nitrogens with zero attached hydrogens (tertiary/aromatic N) is 3. The van der Waals surface area contributed by atoms with Gasteiger partial charge in [0.2, 0.25) is 0 Å². The predicted octanol–water partition coefficient (Wildman–Crippen LogP) is 6.45. The maximum Gasteiger partial charge on any atom is 0.255 e. The van der Waals surface area contributed by atoms with Crippen LogP contribution in [0, 0.1) is 11.6 Å². The van der Waals surface area contributed by atoms with Gasteiger partial charge in [0.25, 0.3) is 5.56 Å². The third-order valence-corrected chi connectivity index (χ3v) is 5.99. The minimum atomic E-state index is -0.830. The summed E-state index contributed by atoms with van der Waals surface area (Å²) >= 11 is 13.1. The highest BCUT2D eigenvalue weighted by Crippen LogP contribution is 2.30. The van der Waals surface area contributed by atoms with Crippen molar-refractivity contribution in [1.82, 2.24) is 9.47 Å². The molecule has 0 saturated carbocycles. The number of aromatic nitrogens is 1. The topological polar surface area (TPSA) is 46.8 Å². The van der Waals surface area contributed by atoms with Gasteiger partial charge in [0, 0.05) is 36.0 Å². The van der Waals surface area contributed by atoms with Gasteiger partial charge >= 0.3 is 0 Å². The van der Waals surface area contributed by atoms with E-state index >= 15 is 0 Å². The zero-order valence-corrected chi connectivity index (χ0v) is 21.6. The van der Waals surface area contributed by atoms with Crippen molar-refractivity contribution in [3.63, 3.8) is 0 Å². The number of pyridine rings is 1. The van der Waals surface area contributed by atoms with Crippen LogP contribution in [0.15, 0.2) is 88.9 Å².